The van der Waals surface area contributed by atoms with Crippen molar-refractivity contribution in [2.45, 2.75) is 32.5 Å². The van der Waals surface area contributed by atoms with Crippen molar-refractivity contribution in [3.8, 4) is 0 Å². The topological polar surface area (TPSA) is 77.6 Å². The zero-order chi connectivity index (χ0) is 19.3. The molecule has 1 amide bonds. The molecule has 0 aliphatic carbocycles. The van der Waals surface area contributed by atoms with E-state index in [4.69, 9.17) is 0 Å². The van der Waals surface area contributed by atoms with E-state index in [1.54, 1.807) is 17.1 Å². The number of nitrogens with zero attached hydrogens (tertiary/aromatic N) is 5. The fraction of sp³-hybridized carbons (Fsp3) is 0.238. The molecule has 2 heterocycles. The summed E-state index contributed by atoms with van der Waals surface area (Å²) in [6.07, 6.45) is 6.14. The molecule has 2 aromatic carbocycles. The molecule has 0 saturated carbocycles. The van der Waals surface area contributed by atoms with Crippen molar-refractivity contribution in [3.05, 3.63) is 78.4 Å². The molecule has 7 nitrogen and oxygen atoms in total. The quantitative estimate of drug-likeness (QED) is 0.540. The van der Waals surface area contributed by atoms with Crippen LogP contribution in [0.1, 0.15) is 29.4 Å². The van der Waals surface area contributed by atoms with Crippen LogP contribution < -0.4 is 5.32 Å². The maximum absolute atomic E-state index is 12.4. The van der Waals surface area contributed by atoms with E-state index < -0.39 is 0 Å². The standard InChI is InChI=1S/C21H22N6O/c1-16(10-13-26-12-5-11-22-26)23-21(28)20-15-27(25-24-20)14-18-8-4-7-17-6-2-3-9-19(17)18/h2-9,11-12,15-16H,10,13-14H2,1H3,(H,23,28). The van der Waals surface area contributed by atoms with Crippen LogP contribution in [0.25, 0.3) is 10.8 Å². The smallest absolute Gasteiger partial charge is 0.273 e. The Labute approximate surface area is 163 Å². The van der Waals surface area contributed by atoms with E-state index in [2.05, 4.69) is 45.0 Å². The fourth-order valence-electron chi connectivity index (χ4n) is 3.21. The van der Waals surface area contributed by atoms with Gasteiger partial charge in [0.1, 0.15) is 0 Å². The third-order valence-corrected chi connectivity index (χ3v) is 4.71. The summed E-state index contributed by atoms with van der Waals surface area (Å²) in [5.74, 6) is -0.211. The summed E-state index contributed by atoms with van der Waals surface area (Å²) in [5, 5.41) is 17.7. The van der Waals surface area contributed by atoms with Crippen molar-refractivity contribution >= 4 is 16.7 Å². The van der Waals surface area contributed by atoms with Crippen LogP contribution in [0, 0.1) is 0 Å². The molecule has 1 atom stereocenters. The second-order valence-corrected chi connectivity index (χ2v) is 6.87. The van der Waals surface area contributed by atoms with Gasteiger partial charge < -0.3 is 5.32 Å². The SMILES string of the molecule is CC(CCn1cccn1)NC(=O)c1cn(Cc2cccc3ccccc23)nn1. The molecule has 4 rings (SSSR count). The highest BCUT2D eigenvalue weighted by Gasteiger charge is 2.14. The normalized spacial score (nSPS) is 12.2. The lowest BCUT2D eigenvalue weighted by Gasteiger charge is -2.12. The van der Waals surface area contributed by atoms with Crippen molar-refractivity contribution in [2.75, 3.05) is 0 Å². The van der Waals surface area contributed by atoms with E-state index >= 15 is 0 Å². The lowest BCUT2D eigenvalue weighted by molar-refractivity contribution is 0.0932. The monoisotopic (exact) mass is 374 g/mol. The summed E-state index contributed by atoms with van der Waals surface area (Å²) in [7, 11) is 0. The maximum Gasteiger partial charge on any atom is 0.273 e. The number of benzene rings is 2. The predicted molar refractivity (Wildman–Crippen MR) is 107 cm³/mol. The summed E-state index contributed by atoms with van der Waals surface area (Å²) in [5.41, 5.74) is 1.47. The lowest BCUT2D eigenvalue weighted by Crippen LogP contribution is -2.33. The molecule has 0 aliphatic heterocycles. The number of nitrogens with one attached hydrogen (secondary N) is 1. The zero-order valence-corrected chi connectivity index (χ0v) is 15.7. The van der Waals surface area contributed by atoms with Gasteiger partial charge >= 0.3 is 0 Å². The van der Waals surface area contributed by atoms with Crippen molar-refractivity contribution in [3.63, 3.8) is 0 Å². The summed E-state index contributed by atoms with van der Waals surface area (Å²) >= 11 is 0. The molecular formula is C21H22N6O. The predicted octanol–water partition coefficient (Wildman–Crippen LogP) is 2.88. The van der Waals surface area contributed by atoms with Crippen LogP contribution in [-0.2, 0) is 13.1 Å². The molecule has 1 N–H and O–H groups in total. The summed E-state index contributed by atoms with van der Waals surface area (Å²) in [6.45, 7) is 3.29. The molecule has 0 bridgehead atoms. The number of rotatable bonds is 7. The van der Waals surface area contributed by atoms with Crippen LogP contribution in [-0.4, -0.2) is 36.7 Å². The van der Waals surface area contributed by atoms with Crippen molar-refractivity contribution in [2.24, 2.45) is 0 Å². The first-order valence-electron chi connectivity index (χ1n) is 9.34. The van der Waals surface area contributed by atoms with E-state index in [1.807, 2.05) is 42.1 Å². The fourth-order valence-corrected chi connectivity index (χ4v) is 3.21. The number of carbonyl (C=O) groups excluding carboxylic acids is 1. The number of fused-ring (bicyclic) bond motifs is 1. The van der Waals surface area contributed by atoms with Crippen LogP contribution >= 0.6 is 0 Å². The van der Waals surface area contributed by atoms with Gasteiger partial charge in [-0.2, -0.15) is 5.10 Å². The first kappa shape index (κ1) is 17.9. The average Bonchev–Trinajstić information content (AvgIpc) is 3.39. The Bertz CT molecular complexity index is 1060. The van der Waals surface area contributed by atoms with E-state index in [1.165, 1.54) is 10.8 Å². The third-order valence-electron chi connectivity index (χ3n) is 4.71. The first-order valence-corrected chi connectivity index (χ1v) is 9.34. The van der Waals surface area contributed by atoms with Gasteiger partial charge in [0.25, 0.3) is 5.91 Å². The number of aromatic nitrogens is 5. The number of carbonyl (C=O) groups is 1. The molecule has 0 aliphatic rings. The van der Waals surface area contributed by atoms with Gasteiger partial charge in [-0.05, 0) is 35.7 Å². The molecule has 142 valence electrons. The van der Waals surface area contributed by atoms with E-state index in [-0.39, 0.29) is 11.9 Å². The second-order valence-electron chi connectivity index (χ2n) is 6.87. The van der Waals surface area contributed by atoms with Gasteiger partial charge in [-0.25, -0.2) is 4.68 Å². The van der Waals surface area contributed by atoms with Crippen LogP contribution in [0.5, 0.6) is 0 Å². The van der Waals surface area contributed by atoms with Crippen molar-refractivity contribution < 1.29 is 4.79 Å². The number of hydrogen-bond donors (Lipinski definition) is 1. The molecule has 4 aromatic rings. The third kappa shape index (κ3) is 4.09. The van der Waals surface area contributed by atoms with E-state index in [0.29, 0.717) is 12.2 Å². The van der Waals surface area contributed by atoms with Gasteiger partial charge in [-0.15, -0.1) is 5.10 Å². The molecule has 0 radical (unpaired) electrons. The first-order chi connectivity index (χ1) is 13.7. The van der Waals surface area contributed by atoms with Crippen LogP contribution in [0.3, 0.4) is 0 Å². The highest BCUT2D eigenvalue weighted by molar-refractivity contribution is 5.92. The van der Waals surface area contributed by atoms with Crippen LogP contribution in [0.2, 0.25) is 0 Å². The lowest BCUT2D eigenvalue weighted by atomic mass is 10.0. The molecule has 0 saturated heterocycles. The Morgan fingerprint density at radius 2 is 1.96 bits per heavy atom. The largest absolute Gasteiger partial charge is 0.348 e. The number of amides is 1. The van der Waals surface area contributed by atoms with Crippen molar-refractivity contribution in [1.82, 2.24) is 30.1 Å². The molecule has 1 unspecified atom stereocenters. The number of aryl methyl sites for hydroxylation is 1. The molecule has 28 heavy (non-hydrogen) atoms. The van der Waals surface area contributed by atoms with Gasteiger partial charge in [0.05, 0.1) is 12.7 Å². The Kier molecular flexibility index (Phi) is 5.14. The second kappa shape index (κ2) is 8.04. The van der Waals surface area contributed by atoms with Crippen molar-refractivity contribution in [1.29, 1.82) is 0 Å². The minimum absolute atomic E-state index is 0.0138. The summed E-state index contributed by atoms with van der Waals surface area (Å²) in [4.78, 5) is 12.4. The summed E-state index contributed by atoms with van der Waals surface area (Å²) in [6, 6.07) is 16.3. The van der Waals surface area contributed by atoms with Gasteiger partial charge in [0.2, 0.25) is 0 Å². The maximum atomic E-state index is 12.4. The molecule has 2 aromatic heterocycles. The Balaban J connectivity index is 1.38. The van der Waals surface area contributed by atoms with Gasteiger partial charge in [-0.3, -0.25) is 9.48 Å². The minimum Gasteiger partial charge on any atom is -0.348 e. The van der Waals surface area contributed by atoms with Gasteiger partial charge in [0.15, 0.2) is 5.69 Å². The van der Waals surface area contributed by atoms with Gasteiger partial charge in [0, 0.05) is 25.0 Å². The minimum atomic E-state index is -0.211. The average molecular weight is 374 g/mol. The highest BCUT2D eigenvalue weighted by atomic mass is 16.2. The van der Waals surface area contributed by atoms with Crippen LogP contribution in [0.4, 0.5) is 0 Å². The highest BCUT2D eigenvalue weighted by Crippen LogP contribution is 2.19. The Hall–Kier alpha value is -3.48. The summed E-state index contributed by atoms with van der Waals surface area (Å²) < 4.78 is 3.55. The molecule has 7 heteroatoms. The Morgan fingerprint density at radius 3 is 2.82 bits per heavy atom. The van der Waals surface area contributed by atoms with E-state index in [0.717, 1.165) is 18.5 Å². The van der Waals surface area contributed by atoms with Crippen LogP contribution in [0.15, 0.2) is 67.1 Å². The Morgan fingerprint density at radius 1 is 1.11 bits per heavy atom. The number of hydrogen-bond acceptors (Lipinski definition) is 4. The molecule has 0 spiro atoms. The zero-order valence-electron chi connectivity index (χ0n) is 15.7. The van der Waals surface area contributed by atoms with Gasteiger partial charge in [-0.1, -0.05) is 47.7 Å². The van der Waals surface area contributed by atoms with E-state index in [9.17, 15) is 4.79 Å². The molecule has 0 fully saturated rings. The molecular weight excluding hydrogens is 352 g/mol.